The van der Waals surface area contributed by atoms with Gasteiger partial charge in [-0.2, -0.15) is 5.26 Å². The number of carbonyl (C=O) groups is 1. The summed E-state index contributed by atoms with van der Waals surface area (Å²) in [5.74, 6) is 4.89. The second kappa shape index (κ2) is 9.60. The minimum atomic E-state index is -0.0406. The average molecular weight is 683 g/mol. The Morgan fingerprint density at radius 1 is 0.673 bits per heavy atom. The lowest BCUT2D eigenvalue weighted by Crippen LogP contribution is -2.25. The van der Waals surface area contributed by atoms with Crippen molar-refractivity contribution in [2.45, 2.75) is 128 Å². The number of ketones is 1. The first-order valence-corrected chi connectivity index (χ1v) is 20.7. The lowest BCUT2D eigenvalue weighted by molar-refractivity contribution is 0.0881. The first kappa shape index (κ1) is 30.6. The van der Waals surface area contributed by atoms with E-state index < -0.39 is 0 Å². The third-order valence-electron chi connectivity index (χ3n) is 15.9. The van der Waals surface area contributed by atoms with Crippen LogP contribution in [0.25, 0.3) is 48.9 Å². The van der Waals surface area contributed by atoms with Crippen LogP contribution >= 0.6 is 0 Å². The van der Waals surface area contributed by atoms with Crippen LogP contribution in [0.3, 0.4) is 0 Å². The molecule has 2 aromatic heterocycles. The van der Waals surface area contributed by atoms with E-state index in [0.717, 1.165) is 29.4 Å². The zero-order valence-corrected chi connectivity index (χ0v) is 31.7. The largest absolute Gasteiger partial charge is 0.308 e. The Morgan fingerprint density at radius 3 is 2.08 bits per heavy atom. The first-order valence-electron chi connectivity index (χ1n) is 20.7. The molecule has 4 saturated carbocycles. The summed E-state index contributed by atoms with van der Waals surface area (Å²) in [5, 5.41) is 19.1. The molecular formula is C49H50N2O. The fourth-order valence-corrected chi connectivity index (χ4v) is 14.1. The Labute approximate surface area is 307 Å². The van der Waals surface area contributed by atoms with Gasteiger partial charge in [0, 0.05) is 33.0 Å². The molecule has 2 heterocycles. The molecule has 6 aromatic rings. The van der Waals surface area contributed by atoms with Crippen LogP contribution in [0.1, 0.15) is 161 Å². The second-order valence-electron chi connectivity index (χ2n) is 20.7. The minimum Gasteiger partial charge on any atom is -0.308 e. The van der Waals surface area contributed by atoms with Crippen molar-refractivity contribution in [1.82, 2.24) is 4.40 Å². The lowest BCUT2D eigenvalue weighted by atomic mass is 9.67. The van der Waals surface area contributed by atoms with E-state index in [1.807, 2.05) is 0 Å². The molecule has 4 aromatic carbocycles. The Balaban J connectivity index is 1.31. The second-order valence-corrected chi connectivity index (χ2v) is 20.7. The molecule has 6 atom stereocenters. The molecule has 3 heteroatoms. The summed E-state index contributed by atoms with van der Waals surface area (Å²) < 4.78 is 2.54. The summed E-state index contributed by atoms with van der Waals surface area (Å²) in [5.41, 5.74) is 12.6. The molecule has 13 rings (SSSR count). The van der Waals surface area contributed by atoms with Gasteiger partial charge in [0.2, 0.25) is 0 Å². The van der Waals surface area contributed by atoms with E-state index in [-0.39, 0.29) is 16.7 Å². The molecule has 4 fully saturated rings. The van der Waals surface area contributed by atoms with Gasteiger partial charge in [-0.3, -0.25) is 4.79 Å². The van der Waals surface area contributed by atoms with Crippen molar-refractivity contribution in [1.29, 1.82) is 5.26 Å². The maximum absolute atomic E-state index is 14.4. The normalized spacial score (nSPS) is 30.6. The number of benzene rings is 4. The molecule has 0 spiro atoms. The van der Waals surface area contributed by atoms with Crippen LogP contribution < -0.4 is 0 Å². The zero-order chi connectivity index (χ0) is 35.3. The summed E-state index contributed by atoms with van der Waals surface area (Å²) in [7, 11) is 0. The standard InChI is InChI=1S/C49H50N2O/c1-48(2,3)28-16-35-33(39(17-28)49(4,5)6)20-36-34-18-32-31-19-37(30-9-7-8-29(30)31)47(52)38(32)21-40(34)51-41-15-27(22-50)42-25-11-23-10-24(12-25)14-26(13-23)43(42)45(41)44(35)46(36)51/h15-18,20-21,23-26,29-31,37H,7-14,19H2,1-6H3. The van der Waals surface area contributed by atoms with Crippen LogP contribution in [0.4, 0.5) is 0 Å². The van der Waals surface area contributed by atoms with Gasteiger partial charge in [-0.25, -0.2) is 0 Å². The maximum Gasteiger partial charge on any atom is 0.166 e. The van der Waals surface area contributed by atoms with Gasteiger partial charge < -0.3 is 4.40 Å². The van der Waals surface area contributed by atoms with E-state index in [0.29, 0.717) is 35.4 Å². The molecule has 6 unspecified atom stereocenters. The molecule has 52 heavy (non-hydrogen) atoms. The number of fused-ring (bicyclic) bond motifs is 15. The summed E-state index contributed by atoms with van der Waals surface area (Å²) >= 11 is 0. The van der Waals surface area contributed by atoms with Crippen LogP contribution in [0.2, 0.25) is 0 Å². The van der Waals surface area contributed by atoms with Gasteiger partial charge in [0.15, 0.2) is 5.78 Å². The SMILES string of the molecule is CC(C)(C)c1cc(C(C)(C)C)c2cc3c4cc5c(cc4n4c6cc(C#N)c7c(c6c(c2c1)c34)C1CC2CC(CC7C2)C1)C(=O)C1CC5C2CCCC12. The number of nitriles is 1. The van der Waals surface area contributed by atoms with E-state index in [2.05, 4.69) is 88.4 Å². The van der Waals surface area contributed by atoms with Crippen molar-refractivity contribution in [2.24, 2.45) is 29.6 Å². The van der Waals surface area contributed by atoms with Crippen LogP contribution in [-0.2, 0) is 10.8 Å². The lowest BCUT2D eigenvalue weighted by Gasteiger charge is -2.38. The predicted octanol–water partition coefficient (Wildman–Crippen LogP) is 12.6. The van der Waals surface area contributed by atoms with E-state index in [1.54, 1.807) is 0 Å². The summed E-state index contributed by atoms with van der Waals surface area (Å²) in [6.45, 7) is 14.2. The van der Waals surface area contributed by atoms with Crippen molar-refractivity contribution < 1.29 is 4.79 Å². The van der Waals surface area contributed by atoms with Crippen LogP contribution in [0.15, 0.2) is 36.4 Å². The Bertz CT molecular complexity index is 2650. The molecule has 7 aliphatic rings. The van der Waals surface area contributed by atoms with E-state index >= 15 is 0 Å². The number of carbonyl (C=O) groups excluding carboxylic acids is 1. The fourth-order valence-electron chi connectivity index (χ4n) is 14.1. The van der Waals surface area contributed by atoms with Gasteiger partial charge in [-0.1, -0.05) is 54.0 Å². The molecule has 6 bridgehead atoms. The van der Waals surface area contributed by atoms with Gasteiger partial charge in [-0.05, 0) is 173 Å². The van der Waals surface area contributed by atoms with Crippen molar-refractivity contribution in [3.05, 3.63) is 75.3 Å². The van der Waals surface area contributed by atoms with Gasteiger partial charge >= 0.3 is 0 Å². The molecule has 0 amide bonds. The number of hydrogen-bond donors (Lipinski definition) is 0. The topological polar surface area (TPSA) is 45.3 Å². The Morgan fingerprint density at radius 2 is 1.38 bits per heavy atom. The molecule has 0 saturated heterocycles. The highest BCUT2D eigenvalue weighted by Crippen LogP contribution is 2.62. The monoisotopic (exact) mass is 682 g/mol. The Hall–Kier alpha value is -3.90. The molecular weight excluding hydrogens is 633 g/mol. The third-order valence-corrected chi connectivity index (χ3v) is 15.9. The maximum atomic E-state index is 14.4. The zero-order valence-electron chi connectivity index (χ0n) is 31.7. The quantitative estimate of drug-likeness (QED) is 0.160. The van der Waals surface area contributed by atoms with Crippen LogP contribution in [0.5, 0.6) is 0 Å². The number of rotatable bonds is 0. The molecule has 7 aliphatic carbocycles. The smallest absolute Gasteiger partial charge is 0.166 e. The van der Waals surface area contributed by atoms with E-state index in [4.69, 9.17) is 0 Å². The first-order chi connectivity index (χ1) is 24.9. The molecule has 0 aliphatic heterocycles. The van der Waals surface area contributed by atoms with Crippen molar-refractivity contribution >= 4 is 54.7 Å². The van der Waals surface area contributed by atoms with Crippen molar-refractivity contribution in [3.8, 4) is 6.07 Å². The van der Waals surface area contributed by atoms with E-state index in [9.17, 15) is 10.1 Å². The number of nitrogens with zero attached hydrogens (tertiary/aromatic N) is 2. The molecule has 3 nitrogen and oxygen atoms in total. The summed E-state index contributed by atoms with van der Waals surface area (Å²) in [6, 6.07) is 17.5. The molecule has 0 radical (unpaired) electrons. The van der Waals surface area contributed by atoms with Crippen LogP contribution in [0, 0.1) is 40.9 Å². The van der Waals surface area contributed by atoms with Gasteiger partial charge in [0.05, 0.1) is 28.2 Å². The Kier molecular flexibility index (Phi) is 5.64. The van der Waals surface area contributed by atoms with Crippen molar-refractivity contribution in [2.75, 3.05) is 0 Å². The van der Waals surface area contributed by atoms with Gasteiger partial charge in [0.25, 0.3) is 0 Å². The number of hydrogen-bond acceptors (Lipinski definition) is 2. The summed E-state index contributed by atoms with van der Waals surface area (Å²) in [4.78, 5) is 14.4. The highest BCUT2D eigenvalue weighted by molar-refractivity contribution is 6.33. The third kappa shape index (κ3) is 3.66. The van der Waals surface area contributed by atoms with E-state index in [1.165, 1.54) is 128 Å². The highest BCUT2D eigenvalue weighted by atomic mass is 16.1. The van der Waals surface area contributed by atoms with Crippen LogP contribution in [-0.4, -0.2) is 10.2 Å². The minimum absolute atomic E-state index is 0.000234. The fraction of sp³-hybridized carbons (Fsp3) is 0.510. The van der Waals surface area contributed by atoms with Gasteiger partial charge in [-0.15, -0.1) is 0 Å². The predicted molar refractivity (Wildman–Crippen MR) is 212 cm³/mol. The summed E-state index contributed by atoms with van der Waals surface area (Å²) in [6.07, 6.45) is 11.2. The highest BCUT2D eigenvalue weighted by Gasteiger charge is 2.53. The average Bonchev–Trinajstić information content (AvgIpc) is 3.83. The number of aromatic nitrogens is 1. The van der Waals surface area contributed by atoms with Gasteiger partial charge in [0.1, 0.15) is 0 Å². The molecule has 0 N–H and O–H groups in total. The number of Topliss-reactive ketones (excluding diaryl/α,β-unsaturated/α-hetero) is 1. The van der Waals surface area contributed by atoms with Crippen molar-refractivity contribution in [3.63, 3.8) is 0 Å². The molecule has 262 valence electrons.